The monoisotopic (exact) mass is 672 g/mol. The molecule has 2 saturated carbocycles. The first-order valence-electron chi connectivity index (χ1n) is 17.5. The van der Waals surface area contributed by atoms with Gasteiger partial charge in [0.15, 0.2) is 28.8 Å². The molecule has 2 aromatic rings. The lowest BCUT2D eigenvalue weighted by Gasteiger charge is -2.33. The molecule has 1 aliphatic heterocycles. The van der Waals surface area contributed by atoms with Gasteiger partial charge in [0.25, 0.3) is 0 Å². The highest BCUT2D eigenvalue weighted by Crippen LogP contribution is 2.49. The van der Waals surface area contributed by atoms with Crippen molar-refractivity contribution in [2.24, 2.45) is 22.2 Å². The largest absolute Gasteiger partial charge is 0.504 e. The Morgan fingerprint density at radius 3 is 2.76 bits per heavy atom. The fourth-order valence-corrected chi connectivity index (χ4v) is 7.99. The fourth-order valence-electron chi connectivity index (χ4n) is 7.99. The van der Waals surface area contributed by atoms with E-state index < -0.39 is 11.0 Å². The zero-order valence-corrected chi connectivity index (χ0v) is 29.4. The Hall–Kier alpha value is -4.20. The van der Waals surface area contributed by atoms with Crippen molar-refractivity contribution in [3.05, 3.63) is 53.6 Å². The molecule has 0 amide bonds. The van der Waals surface area contributed by atoms with Gasteiger partial charge in [-0.25, -0.2) is 0 Å². The smallest absolute Gasteiger partial charge is 0.207 e. The van der Waals surface area contributed by atoms with E-state index >= 15 is 0 Å². The van der Waals surface area contributed by atoms with Crippen molar-refractivity contribution in [2.45, 2.75) is 76.2 Å². The van der Waals surface area contributed by atoms with Crippen molar-refractivity contribution >= 4 is 17.4 Å². The average molecular weight is 673 g/mol. The van der Waals surface area contributed by atoms with Crippen LogP contribution >= 0.6 is 0 Å². The van der Waals surface area contributed by atoms with Crippen molar-refractivity contribution in [1.82, 2.24) is 10.6 Å². The van der Waals surface area contributed by atoms with Gasteiger partial charge in [-0.3, -0.25) is 15.1 Å². The minimum atomic E-state index is -0.610. The Morgan fingerprint density at radius 2 is 1.98 bits per heavy atom. The number of allylic oxidation sites excluding steroid dienone is 2. The second kappa shape index (κ2) is 16.5. The van der Waals surface area contributed by atoms with Crippen LogP contribution in [0.25, 0.3) is 0 Å². The number of hydrogen-bond donors (Lipinski definition) is 5. The molecule has 0 spiro atoms. The molecule has 10 nitrogen and oxygen atoms in total. The summed E-state index contributed by atoms with van der Waals surface area (Å²) >= 11 is 0. The second-order valence-electron chi connectivity index (χ2n) is 13.8. The summed E-state index contributed by atoms with van der Waals surface area (Å²) < 4.78 is 17.5. The van der Waals surface area contributed by atoms with E-state index in [2.05, 4.69) is 32.9 Å². The topological polar surface area (TPSA) is 134 Å². The summed E-state index contributed by atoms with van der Waals surface area (Å²) in [7, 11) is 6.85. The zero-order valence-electron chi connectivity index (χ0n) is 29.4. The summed E-state index contributed by atoms with van der Waals surface area (Å²) in [6.45, 7) is 1.37. The number of nitrogens with zero attached hydrogens (tertiary/aromatic N) is 1. The van der Waals surface area contributed by atoms with Gasteiger partial charge in [-0.1, -0.05) is 24.5 Å². The van der Waals surface area contributed by atoms with Crippen LogP contribution in [-0.4, -0.2) is 69.0 Å². The van der Waals surface area contributed by atoms with Crippen molar-refractivity contribution < 1.29 is 29.2 Å². The lowest BCUT2D eigenvalue weighted by atomic mass is 9.69. The fraction of sp³-hybridized carbons (Fsp3) is 0.538. The van der Waals surface area contributed by atoms with Gasteiger partial charge >= 0.3 is 0 Å². The van der Waals surface area contributed by atoms with E-state index in [-0.39, 0.29) is 23.2 Å². The van der Waals surface area contributed by atoms with Crippen molar-refractivity contribution in [1.29, 1.82) is 0 Å². The third-order valence-electron chi connectivity index (χ3n) is 10.5. The average Bonchev–Trinajstić information content (AvgIpc) is 3.69. The maximum Gasteiger partial charge on any atom is 0.207 e. The van der Waals surface area contributed by atoms with Crippen LogP contribution < -0.4 is 25.4 Å². The quantitative estimate of drug-likeness (QED) is 0.159. The van der Waals surface area contributed by atoms with E-state index in [0.29, 0.717) is 67.9 Å². The van der Waals surface area contributed by atoms with Crippen LogP contribution in [0, 0.1) is 29.2 Å². The van der Waals surface area contributed by atoms with E-state index in [4.69, 9.17) is 14.2 Å². The molecule has 5 rings (SSSR count). The third kappa shape index (κ3) is 8.52. The molecule has 49 heavy (non-hydrogen) atoms. The SMILES string of the molecule is CN=C1NC#CC[C@@H]2CCC[C@]2(Cc2ccc(O)c(OC)c2)C(=O)/C=C/CCc2cc(c(O)c(O[C@]3(CNC)CC[C@H](CCOC)C3)c2)N1. The van der Waals surface area contributed by atoms with Gasteiger partial charge in [-0.15, -0.1) is 0 Å². The number of fused-ring (bicyclic) bond motifs is 3. The van der Waals surface area contributed by atoms with Gasteiger partial charge in [0, 0.05) is 45.2 Å². The Balaban J connectivity index is 1.44. The summed E-state index contributed by atoms with van der Waals surface area (Å²) in [5.41, 5.74) is 1.31. The number of ether oxygens (including phenoxy) is 3. The van der Waals surface area contributed by atoms with E-state index in [9.17, 15) is 15.0 Å². The van der Waals surface area contributed by atoms with Crippen LogP contribution in [0.1, 0.15) is 68.9 Å². The highest BCUT2D eigenvalue weighted by molar-refractivity contribution is 5.97. The van der Waals surface area contributed by atoms with Gasteiger partial charge < -0.3 is 35.1 Å². The first kappa shape index (κ1) is 36.1. The summed E-state index contributed by atoms with van der Waals surface area (Å²) in [5.74, 6) is 5.22. The van der Waals surface area contributed by atoms with Crippen molar-refractivity contribution in [3.8, 4) is 35.0 Å². The molecule has 3 aliphatic rings. The van der Waals surface area contributed by atoms with Crippen LogP contribution in [-0.2, 0) is 22.4 Å². The molecule has 0 aromatic heterocycles. The zero-order chi connectivity index (χ0) is 34.9. The molecule has 0 unspecified atom stereocenters. The van der Waals surface area contributed by atoms with Crippen LogP contribution in [0.4, 0.5) is 5.69 Å². The number of carbonyl (C=O) groups excluding carboxylic acids is 1. The van der Waals surface area contributed by atoms with Crippen LogP contribution in [0.3, 0.4) is 0 Å². The van der Waals surface area contributed by atoms with E-state index in [1.165, 1.54) is 7.11 Å². The molecular weight excluding hydrogens is 620 g/mol. The van der Waals surface area contributed by atoms with Crippen molar-refractivity contribution in [2.75, 3.05) is 46.8 Å². The number of phenolic OH excluding ortho intramolecular Hbond substituents is 2. The molecule has 264 valence electrons. The molecule has 5 N–H and O–H groups in total. The van der Waals surface area contributed by atoms with Gasteiger partial charge in [-0.05, 0) is 118 Å². The molecule has 4 atom stereocenters. The van der Waals surface area contributed by atoms with Gasteiger partial charge in [0.2, 0.25) is 5.96 Å². The van der Waals surface area contributed by atoms with E-state index in [0.717, 1.165) is 56.1 Å². The molecule has 2 bridgehead atoms. The molecular formula is C39H52N4O6. The maximum absolute atomic E-state index is 14.2. The van der Waals surface area contributed by atoms with E-state index in [1.54, 1.807) is 26.3 Å². The van der Waals surface area contributed by atoms with Gasteiger partial charge in [-0.2, -0.15) is 0 Å². The number of nitrogens with one attached hydrogen (secondary N) is 3. The number of hydrogen-bond acceptors (Lipinski definition) is 8. The number of aliphatic imine (C=N–C) groups is 1. The standard InChI is InChI=1S/C39H52N4O6/c1-40-26-38(18-15-27(24-38)16-20-47-3)49-34-22-28-9-5-6-12-35(45)39(25-29-13-14-32(44)33(23-29)48-4)17-7-10-30(39)11-8-19-42-37(41-2)43-31(21-28)36(34)46/h6,12-14,21-23,27,30,40,44,46H,5,7,9-11,15-18,20,24-26H2,1-4H3,(H2,41,42,43)/b12-6+/t27-,30+,38-,39-/m1/s1. The Bertz CT molecular complexity index is 1600. The highest BCUT2D eigenvalue weighted by Gasteiger charge is 2.47. The van der Waals surface area contributed by atoms with Crippen LogP contribution in [0.2, 0.25) is 0 Å². The molecule has 2 aromatic carbocycles. The number of methoxy groups -OCH3 is 2. The number of carbonyl (C=O) groups is 1. The number of likely N-dealkylation sites (N-methyl/N-ethyl adjacent to an activating group) is 1. The molecule has 2 aliphatic carbocycles. The van der Waals surface area contributed by atoms with Crippen LogP contribution in [0.5, 0.6) is 23.0 Å². The number of rotatable bonds is 10. The normalized spacial score (nSPS) is 27.0. The molecule has 1 heterocycles. The summed E-state index contributed by atoms with van der Waals surface area (Å²) in [6.07, 6.45) is 12.4. The third-order valence-corrected chi connectivity index (χ3v) is 10.5. The lowest BCUT2D eigenvalue weighted by molar-refractivity contribution is -0.125. The second-order valence-corrected chi connectivity index (χ2v) is 13.8. The molecule has 0 saturated heterocycles. The Labute approximate surface area is 290 Å². The van der Waals surface area contributed by atoms with Gasteiger partial charge in [0.05, 0.1) is 12.8 Å². The van der Waals surface area contributed by atoms with Crippen LogP contribution in [0.15, 0.2) is 47.5 Å². The highest BCUT2D eigenvalue weighted by atomic mass is 16.5. The first-order chi connectivity index (χ1) is 23.7. The number of aromatic hydroxyl groups is 2. The Morgan fingerprint density at radius 1 is 1.12 bits per heavy atom. The van der Waals surface area contributed by atoms with Crippen molar-refractivity contribution in [3.63, 3.8) is 0 Å². The molecule has 10 heteroatoms. The first-order valence-corrected chi connectivity index (χ1v) is 17.5. The van der Waals surface area contributed by atoms with Gasteiger partial charge in [0.1, 0.15) is 5.60 Å². The molecule has 0 radical (unpaired) electrons. The summed E-state index contributed by atoms with van der Waals surface area (Å²) in [5, 5.41) is 31.3. The predicted octanol–water partition coefficient (Wildman–Crippen LogP) is 5.72. The minimum absolute atomic E-state index is 0.0175. The number of anilines is 1. The van der Waals surface area contributed by atoms with E-state index in [1.807, 2.05) is 37.4 Å². The predicted molar refractivity (Wildman–Crippen MR) is 192 cm³/mol. The summed E-state index contributed by atoms with van der Waals surface area (Å²) in [4.78, 5) is 18.5. The number of phenols is 2. The number of guanidine groups is 1. The number of benzene rings is 2. The molecule has 2 fully saturated rings. The number of ketones is 1. The number of aryl methyl sites for hydroxylation is 1. The summed E-state index contributed by atoms with van der Waals surface area (Å²) in [6, 6.07) is 12.2. The lowest BCUT2D eigenvalue weighted by Crippen LogP contribution is -2.42. The minimum Gasteiger partial charge on any atom is -0.504 e. The maximum atomic E-state index is 14.2. The Kier molecular flexibility index (Phi) is 12.1.